The third-order valence-electron chi connectivity index (χ3n) is 2.90. The van der Waals surface area contributed by atoms with Crippen LogP contribution in [0.2, 0.25) is 0 Å². The second kappa shape index (κ2) is 4.80. The van der Waals surface area contributed by atoms with Crippen LogP contribution in [-0.4, -0.2) is 29.2 Å². The van der Waals surface area contributed by atoms with Crippen molar-refractivity contribution in [3.63, 3.8) is 0 Å². The maximum atomic E-state index is 13.2. The SMILES string of the molecule is CN(Cc1ccc(N)c(F)c1)C(C)(C)CO. The summed E-state index contributed by atoms with van der Waals surface area (Å²) in [7, 11) is 1.89. The Morgan fingerprint density at radius 1 is 1.44 bits per heavy atom. The topological polar surface area (TPSA) is 49.5 Å². The number of aliphatic hydroxyl groups excluding tert-OH is 1. The van der Waals surface area contributed by atoms with Crippen LogP contribution in [0.25, 0.3) is 0 Å². The predicted octanol–water partition coefficient (Wildman–Crippen LogP) is 1.61. The van der Waals surface area contributed by atoms with Gasteiger partial charge in [0, 0.05) is 12.1 Å². The third-order valence-corrected chi connectivity index (χ3v) is 2.90. The van der Waals surface area contributed by atoms with Crippen LogP contribution in [0.15, 0.2) is 18.2 Å². The number of halogens is 1. The van der Waals surface area contributed by atoms with Crippen molar-refractivity contribution in [1.29, 1.82) is 0 Å². The van der Waals surface area contributed by atoms with Crippen LogP contribution in [0.4, 0.5) is 10.1 Å². The lowest BCUT2D eigenvalue weighted by atomic mass is 10.0. The summed E-state index contributed by atoms with van der Waals surface area (Å²) in [6, 6.07) is 4.78. The van der Waals surface area contributed by atoms with Gasteiger partial charge in [-0.25, -0.2) is 4.39 Å². The Hall–Kier alpha value is -1.13. The Labute approximate surface area is 95.7 Å². The van der Waals surface area contributed by atoms with Gasteiger partial charge in [-0.1, -0.05) is 6.07 Å². The molecule has 0 heterocycles. The van der Waals surface area contributed by atoms with Gasteiger partial charge in [-0.3, -0.25) is 4.90 Å². The Bertz CT molecular complexity index is 366. The summed E-state index contributed by atoms with van der Waals surface area (Å²) in [5.74, 6) is -0.396. The number of aliphatic hydroxyl groups is 1. The van der Waals surface area contributed by atoms with Gasteiger partial charge < -0.3 is 10.8 Å². The molecule has 90 valence electrons. The summed E-state index contributed by atoms with van der Waals surface area (Å²) >= 11 is 0. The van der Waals surface area contributed by atoms with Crippen LogP contribution in [-0.2, 0) is 6.54 Å². The molecule has 0 saturated carbocycles. The lowest BCUT2D eigenvalue weighted by molar-refractivity contribution is 0.0733. The first-order chi connectivity index (χ1) is 7.36. The Balaban J connectivity index is 2.77. The summed E-state index contributed by atoms with van der Waals surface area (Å²) < 4.78 is 13.2. The molecule has 0 amide bonds. The molecular formula is C12H19FN2O. The smallest absolute Gasteiger partial charge is 0.146 e. The monoisotopic (exact) mass is 226 g/mol. The van der Waals surface area contributed by atoms with Gasteiger partial charge >= 0.3 is 0 Å². The van der Waals surface area contributed by atoms with E-state index >= 15 is 0 Å². The number of nitrogen functional groups attached to an aromatic ring is 1. The number of rotatable bonds is 4. The highest BCUT2D eigenvalue weighted by Crippen LogP contribution is 2.17. The van der Waals surface area contributed by atoms with Crippen LogP contribution in [0, 0.1) is 5.82 Å². The summed E-state index contributed by atoms with van der Waals surface area (Å²) in [6.45, 7) is 4.49. The molecule has 0 aliphatic rings. The Morgan fingerprint density at radius 3 is 2.56 bits per heavy atom. The van der Waals surface area contributed by atoms with Crippen molar-refractivity contribution in [3.05, 3.63) is 29.6 Å². The highest BCUT2D eigenvalue weighted by molar-refractivity contribution is 5.41. The zero-order chi connectivity index (χ0) is 12.3. The standard InChI is InChI=1S/C12H19FN2O/c1-12(2,8-16)15(3)7-9-4-5-11(14)10(13)6-9/h4-6,16H,7-8,14H2,1-3H3. The first kappa shape index (κ1) is 12.9. The molecule has 1 aromatic carbocycles. The molecule has 0 unspecified atom stereocenters. The van der Waals surface area contributed by atoms with Gasteiger partial charge in [0.2, 0.25) is 0 Å². The number of anilines is 1. The van der Waals surface area contributed by atoms with E-state index in [2.05, 4.69) is 0 Å². The fourth-order valence-corrected chi connectivity index (χ4v) is 1.28. The number of hydrogen-bond donors (Lipinski definition) is 2. The van der Waals surface area contributed by atoms with Crippen LogP contribution in [0.1, 0.15) is 19.4 Å². The van der Waals surface area contributed by atoms with Crippen LogP contribution in [0.3, 0.4) is 0 Å². The highest BCUT2D eigenvalue weighted by atomic mass is 19.1. The number of nitrogens with zero attached hydrogens (tertiary/aromatic N) is 1. The van der Waals surface area contributed by atoms with E-state index in [-0.39, 0.29) is 17.8 Å². The predicted molar refractivity (Wildman–Crippen MR) is 63.4 cm³/mol. The van der Waals surface area contributed by atoms with Crippen LogP contribution >= 0.6 is 0 Å². The van der Waals surface area contributed by atoms with E-state index in [4.69, 9.17) is 5.73 Å². The number of hydrogen-bond acceptors (Lipinski definition) is 3. The van der Waals surface area contributed by atoms with Crippen molar-refractivity contribution in [2.45, 2.75) is 25.9 Å². The maximum absolute atomic E-state index is 13.2. The lowest BCUT2D eigenvalue weighted by Gasteiger charge is -2.33. The van der Waals surface area contributed by atoms with Crippen molar-refractivity contribution >= 4 is 5.69 Å². The molecule has 0 aliphatic carbocycles. The third kappa shape index (κ3) is 2.93. The van der Waals surface area contributed by atoms with Crippen molar-refractivity contribution in [3.8, 4) is 0 Å². The first-order valence-corrected chi connectivity index (χ1v) is 5.23. The molecular weight excluding hydrogens is 207 g/mol. The average molecular weight is 226 g/mol. The molecule has 0 fully saturated rings. The van der Waals surface area contributed by atoms with Gasteiger partial charge in [-0.2, -0.15) is 0 Å². The minimum atomic E-state index is -0.396. The van der Waals surface area contributed by atoms with E-state index in [0.717, 1.165) is 5.56 Å². The van der Waals surface area contributed by atoms with Gasteiger partial charge in [0.1, 0.15) is 5.82 Å². The molecule has 0 atom stereocenters. The zero-order valence-electron chi connectivity index (χ0n) is 10.00. The highest BCUT2D eigenvalue weighted by Gasteiger charge is 2.22. The molecule has 1 rings (SSSR count). The quantitative estimate of drug-likeness (QED) is 0.767. The first-order valence-electron chi connectivity index (χ1n) is 5.23. The minimum Gasteiger partial charge on any atom is -0.396 e. The fraction of sp³-hybridized carbons (Fsp3) is 0.500. The van der Waals surface area contributed by atoms with E-state index in [1.54, 1.807) is 12.1 Å². The number of likely N-dealkylation sites (N-methyl/N-ethyl adjacent to an activating group) is 1. The van der Waals surface area contributed by atoms with E-state index in [1.807, 2.05) is 25.8 Å². The van der Waals surface area contributed by atoms with E-state index < -0.39 is 5.82 Å². The summed E-state index contributed by atoms with van der Waals surface area (Å²) in [5, 5.41) is 9.21. The second-order valence-electron chi connectivity index (χ2n) is 4.68. The molecule has 3 N–H and O–H groups in total. The molecule has 1 aromatic rings. The molecule has 16 heavy (non-hydrogen) atoms. The molecule has 0 spiro atoms. The zero-order valence-corrected chi connectivity index (χ0v) is 10.00. The minimum absolute atomic E-state index is 0.0565. The molecule has 0 aliphatic heterocycles. The summed E-state index contributed by atoms with van der Waals surface area (Å²) in [4.78, 5) is 1.97. The molecule has 3 nitrogen and oxygen atoms in total. The number of benzene rings is 1. The van der Waals surface area contributed by atoms with Gasteiger partial charge in [-0.15, -0.1) is 0 Å². The summed E-state index contributed by atoms with van der Waals surface area (Å²) in [5.41, 5.74) is 6.08. The van der Waals surface area contributed by atoms with Crippen LogP contribution in [0.5, 0.6) is 0 Å². The fourth-order valence-electron chi connectivity index (χ4n) is 1.28. The van der Waals surface area contributed by atoms with Gasteiger partial charge in [0.15, 0.2) is 0 Å². The normalized spacial score (nSPS) is 12.1. The van der Waals surface area contributed by atoms with Gasteiger partial charge in [0.25, 0.3) is 0 Å². The van der Waals surface area contributed by atoms with Gasteiger partial charge in [0.05, 0.1) is 12.3 Å². The number of nitrogens with two attached hydrogens (primary N) is 1. The van der Waals surface area contributed by atoms with E-state index in [9.17, 15) is 9.50 Å². The largest absolute Gasteiger partial charge is 0.396 e. The van der Waals surface area contributed by atoms with Crippen LogP contribution < -0.4 is 5.73 Å². The van der Waals surface area contributed by atoms with Crippen molar-refractivity contribution in [2.24, 2.45) is 0 Å². The van der Waals surface area contributed by atoms with Crippen molar-refractivity contribution in [2.75, 3.05) is 19.4 Å². The Morgan fingerprint density at radius 2 is 2.06 bits per heavy atom. The molecule has 0 saturated heterocycles. The maximum Gasteiger partial charge on any atom is 0.146 e. The summed E-state index contributed by atoms with van der Waals surface area (Å²) in [6.07, 6.45) is 0. The molecule has 0 aromatic heterocycles. The molecule has 0 bridgehead atoms. The average Bonchev–Trinajstić information content (AvgIpc) is 2.23. The Kier molecular flexibility index (Phi) is 3.88. The second-order valence-corrected chi connectivity index (χ2v) is 4.68. The van der Waals surface area contributed by atoms with E-state index in [1.165, 1.54) is 6.07 Å². The van der Waals surface area contributed by atoms with E-state index in [0.29, 0.717) is 6.54 Å². The molecule has 4 heteroatoms. The lowest BCUT2D eigenvalue weighted by Crippen LogP contribution is -2.43. The van der Waals surface area contributed by atoms with Gasteiger partial charge in [-0.05, 0) is 38.6 Å². The van der Waals surface area contributed by atoms with Crippen molar-refractivity contribution in [1.82, 2.24) is 4.90 Å². The van der Waals surface area contributed by atoms with Crippen molar-refractivity contribution < 1.29 is 9.50 Å². The molecule has 0 radical (unpaired) electrons.